The molecule has 0 saturated carbocycles. The van der Waals surface area contributed by atoms with Gasteiger partial charge in [0, 0.05) is 18.8 Å². The van der Waals surface area contributed by atoms with Crippen molar-refractivity contribution >= 4 is 24.1 Å². The van der Waals surface area contributed by atoms with Gasteiger partial charge in [-0.15, -0.1) is 12.4 Å². The number of carboxylic acid groups (broad SMARTS) is 1. The van der Waals surface area contributed by atoms with Gasteiger partial charge in [-0.25, -0.2) is 0 Å². The summed E-state index contributed by atoms with van der Waals surface area (Å²) in [4.78, 5) is 13.1. The molecule has 0 bridgehead atoms. The molecule has 1 saturated heterocycles. The second kappa shape index (κ2) is 5.75. The van der Waals surface area contributed by atoms with Gasteiger partial charge in [0.1, 0.15) is 0 Å². The number of halogens is 1. The lowest BCUT2D eigenvalue weighted by molar-refractivity contribution is -0.141. The molecule has 16 heavy (non-hydrogen) atoms. The van der Waals surface area contributed by atoms with Crippen molar-refractivity contribution in [3.05, 3.63) is 30.3 Å². The maximum absolute atomic E-state index is 10.9. The zero-order valence-electron chi connectivity index (χ0n) is 9.00. The Morgan fingerprint density at radius 2 is 2.00 bits per heavy atom. The van der Waals surface area contributed by atoms with Crippen LogP contribution in [0.2, 0.25) is 0 Å². The number of benzene rings is 1. The van der Waals surface area contributed by atoms with Crippen molar-refractivity contribution in [3.63, 3.8) is 0 Å². The summed E-state index contributed by atoms with van der Waals surface area (Å²) in [6.07, 6.45) is 1.77. The molecule has 0 amide bonds. The minimum Gasteiger partial charge on any atom is -0.481 e. The van der Waals surface area contributed by atoms with Crippen molar-refractivity contribution in [1.82, 2.24) is 0 Å². The Bertz CT molecular complexity index is 342. The van der Waals surface area contributed by atoms with Gasteiger partial charge in [-0.2, -0.15) is 0 Å². The van der Waals surface area contributed by atoms with E-state index in [0.29, 0.717) is 6.54 Å². The Kier molecular flexibility index (Phi) is 4.62. The molecular formula is C12H16ClNO2. The molecule has 1 aromatic carbocycles. The lowest BCUT2D eigenvalue weighted by Crippen LogP contribution is -2.38. The van der Waals surface area contributed by atoms with E-state index in [1.54, 1.807) is 0 Å². The Balaban J connectivity index is 0.00000128. The molecule has 0 aromatic heterocycles. The summed E-state index contributed by atoms with van der Waals surface area (Å²) in [7, 11) is 0. The number of carboxylic acids is 1. The highest BCUT2D eigenvalue weighted by Crippen LogP contribution is 2.22. The number of para-hydroxylation sites is 1. The third-order valence-electron chi connectivity index (χ3n) is 2.89. The molecule has 1 atom stereocenters. The molecule has 2 rings (SSSR count). The highest BCUT2D eigenvalue weighted by molar-refractivity contribution is 5.85. The van der Waals surface area contributed by atoms with Crippen molar-refractivity contribution in [2.45, 2.75) is 12.8 Å². The van der Waals surface area contributed by atoms with Gasteiger partial charge in [-0.05, 0) is 25.0 Å². The monoisotopic (exact) mass is 241 g/mol. The van der Waals surface area contributed by atoms with Gasteiger partial charge in [0.05, 0.1) is 5.92 Å². The smallest absolute Gasteiger partial charge is 0.308 e. The van der Waals surface area contributed by atoms with Gasteiger partial charge in [-0.1, -0.05) is 18.2 Å². The molecule has 0 aliphatic carbocycles. The van der Waals surface area contributed by atoms with Gasteiger partial charge in [0.25, 0.3) is 0 Å². The first-order valence-corrected chi connectivity index (χ1v) is 5.30. The molecule has 1 aliphatic heterocycles. The van der Waals surface area contributed by atoms with Crippen LogP contribution in [0.1, 0.15) is 12.8 Å². The summed E-state index contributed by atoms with van der Waals surface area (Å²) in [6, 6.07) is 10.0. The van der Waals surface area contributed by atoms with E-state index in [1.807, 2.05) is 30.3 Å². The summed E-state index contributed by atoms with van der Waals surface area (Å²) in [5, 5.41) is 8.98. The topological polar surface area (TPSA) is 40.5 Å². The Labute approximate surface area is 101 Å². The third kappa shape index (κ3) is 2.89. The number of hydrogen-bond donors (Lipinski definition) is 1. The predicted octanol–water partition coefficient (Wildman–Crippen LogP) is 2.41. The molecule has 1 aromatic rings. The zero-order chi connectivity index (χ0) is 10.7. The average molecular weight is 242 g/mol. The fraction of sp³-hybridized carbons (Fsp3) is 0.417. The SMILES string of the molecule is Cl.O=C(O)C1CCCN(c2ccccc2)C1. The van der Waals surface area contributed by atoms with E-state index in [2.05, 4.69) is 4.90 Å². The van der Waals surface area contributed by atoms with Crippen LogP contribution in [-0.2, 0) is 4.79 Å². The molecule has 0 radical (unpaired) electrons. The Hall–Kier alpha value is -1.22. The van der Waals surface area contributed by atoms with Crippen molar-refractivity contribution < 1.29 is 9.90 Å². The molecule has 88 valence electrons. The molecule has 1 N–H and O–H groups in total. The van der Waals surface area contributed by atoms with E-state index in [4.69, 9.17) is 5.11 Å². The molecular weight excluding hydrogens is 226 g/mol. The van der Waals surface area contributed by atoms with Gasteiger partial charge in [0.2, 0.25) is 0 Å². The van der Waals surface area contributed by atoms with Crippen LogP contribution >= 0.6 is 12.4 Å². The van der Waals surface area contributed by atoms with E-state index in [1.165, 1.54) is 0 Å². The third-order valence-corrected chi connectivity index (χ3v) is 2.89. The van der Waals surface area contributed by atoms with E-state index in [0.717, 1.165) is 25.1 Å². The molecule has 1 heterocycles. The standard InChI is InChI=1S/C12H15NO2.ClH/c14-12(15)10-5-4-8-13(9-10)11-6-2-1-3-7-11;/h1-3,6-7,10H,4-5,8-9H2,(H,14,15);1H. The van der Waals surface area contributed by atoms with Gasteiger partial charge in [-0.3, -0.25) is 4.79 Å². The van der Waals surface area contributed by atoms with Gasteiger partial charge >= 0.3 is 5.97 Å². The number of aliphatic carboxylic acids is 1. The second-order valence-corrected chi connectivity index (χ2v) is 3.96. The van der Waals surface area contributed by atoms with Crippen molar-refractivity contribution in [2.75, 3.05) is 18.0 Å². The normalized spacial score (nSPS) is 20.0. The Morgan fingerprint density at radius 3 is 2.62 bits per heavy atom. The lowest BCUT2D eigenvalue weighted by Gasteiger charge is -2.32. The molecule has 0 spiro atoms. The van der Waals surface area contributed by atoms with Crippen LogP contribution in [0.4, 0.5) is 5.69 Å². The molecule has 1 unspecified atom stereocenters. The Morgan fingerprint density at radius 1 is 1.31 bits per heavy atom. The lowest BCUT2D eigenvalue weighted by atomic mass is 9.98. The first kappa shape index (κ1) is 12.8. The summed E-state index contributed by atoms with van der Waals surface area (Å²) in [6.45, 7) is 1.60. The van der Waals surface area contributed by atoms with Gasteiger partial charge < -0.3 is 10.0 Å². The summed E-state index contributed by atoms with van der Waals surface area (Å²) in [5.41, 5.74) is 1.13. The highest BCUT2D eigenvalue weighted by atomic mass is 35.5. The maximum atomic E-state index is 10.9. The number of hydrogen-bond acceptors (Lipinski definition) is 2. The van der Waals surface area contributed by atoms with Gasteiger partial charge in [0.15, 0.2) is 0 Å². The van der Waals surface area contributed by atoms with E-state index in [-0.39, 0.29) is 18.3 Å². The quantitative estimate of drug-likeness (QED) is 0.865. The van der Waals surface area contributed by atoms with Crippen molar-refractivity contribution in [3.8, 4) is 0 Å². The number of nitrogens with zero attached hydrogens (tertiary/aromatic N) is 1. The fourth-order valence-corrected chi connectivity index (χ4v) is 2.05. The summed E-state index contributed by atoms with van der Waals surface area (Å²) < 4.78 is 0. The zero-order valence-corrected chi connectivity index (χ0v) is 9.82. The number of carbonyl (C=O) groups is 1. The largest absolute Gasteiger partial charge is 0.481 e. The second-order valence-electron chi connectivity index (χ2n) is 3.96. The average Bonchev–Trinajstić information content (AvgIpc) is 2.30. The minimum absolute atomic E-state index is 0. The van der Waals surface area contributed by atoms with E-state index < -0.39 is 5.97 Å². The summed E-state index contributed by atoms with van der Waals surface area (Å²) in [5.74, 6) is -0.880. The fourth-order valence-electron chi connectivity index (χ4n) is 2.05. The van der Waals surface area contributed by atoms with Crippen molar-refractivity contribution in [2.24, 2.45) is 5.92 Å². The predicted molar refractivity (Wildman–Crippen MR) is 66.3 cm³/mol. The first-order valence-electron chi connectivity index (χ1n) is 5.30. The van der Waals surface area contributed by atoms with Crippen LogP contribution in [0.25, 0.3) is 0 Å². The number of piperidine rings is 1. The summed E-state index contributed by atoms with van der Waals surface area (Å²) >= 11 is 0. The van der Waals surface area contributed by atoms with Crippen LogP contribution < -0.4 is 4.90 Å². The van der Waals surface area contributed by atoms with E-state index in [9.17, 15) is 4.79 Å². The van der Waals surface area contributed by atoms with Crippen LogP contribution in [0.15, 0.2) is 30.3 Å². The van der Waals surface area contributed by atoms with Crippen LogP contribution in [0, 0.1) is 5.92 Å². The maximum Gasteiger partial charge on any atom is 0.308 e. The first-order chi connectivity index (χ1) is 7.27. The number of anilines is 1. The van der Waals surface area contributed by atoms with Crippen LogP contribution in [0.5, 0.6) is 0 Å². The van der Waals surface area contributed by atoms with Crippen molar-refractivity contribution in [1.29, 1.82) is 0 Å². The van der Waals surface area contributed by atoms with Crippen LogP contribution in [0.3, 0.4) is 0 Å². The van der Waals surface area contributed by atoms with Crippen LogP contribution in [-0.4, -0.2) is 24.2 Å². The minimum atomic E-state index is -0.671. The number of rotatable bonds is 2. The molecule has 1 aliphatic rings. The molecule has 1 fully saturated rings. The molecule has 3 nitrogen and oxygen atoms in total. The highest BCUT2D eigenvalue weighted by Gasteiger charge is 2.25. The van der Waals surface area contributed by atoms with E-state index >= 15 is 0 Å². The molecule has 4 heteroatoms.